The van der Waals surface area contributed by atoms with E-state index >= 15 is 17.6 Å². The summed E-state index contributed by atoms with van der Waals surface area (Å²) in [5, 5.41) is 0. The average molecular weight is 732 g/mol. The average Bonchev–Trinajstić information content (AvgIpc) is 3.09. The molecule has 0 heterocycles. The van der Waals surface area contributed by atoms with Crippen LogP contribution in [0, 0.1) is 98.9 Å². The van der Waals surface area contributed by atoms with Crippen molar-refractivity contribution in [2.24, 2.45) is 0 Å². The molecular weight excluding hydrogens is 726 g/mol. The molecule has 0 spiro atoms. The molecule has 0 aromatic heterocycles. The summed E-state index contributed by atoms with van der Waals surface area (Å²) >= 11 is 0. The number of hydrogen-bond acceptors (Lipinski definition) is 2. The number of hydrogen-bond donors (Lipinski definition) is 0. The van der Waals surface area contributed by atoms with E-state index < -0.39 is 145 Å². The fourth-order valence-corrected chi connectivity index (χ4v) is 4.51. The Morgan fingerprint density at radius 3 is 1.36 bits per heavy atom. The fraction of sp³-hybridized carbons (Fsp3) is 0. The normalized spacial score (nSPS) is 11.3. The highest BCUT2D eigenvalue weighted by atomic mass is 19.2. The number of benzene rings is 5. The van der Waals surface area contributed by atoms with Crippen molar-refractivity contribution < 1.29 is 83.9 Å². The van der Waals surface area contributed by atoms with Gasteiger partial charge in [-0.2, -0.15) is 4.39 Å². The van der Waals surface area contributed by atoms with E-state index in [-0.39, 0.29) is 6.07 Å². The van der Waals surface area contributed by atoms with Crippen LogP contribution in [-0.4, -0.2) is 7.12 Å². The fourth-order valence-electron chi connectivity index (χ4n) is 4.51. The van der Waals surface area contributed by atoms with Crippen molar-refractivity contribution in [1.29, 1.82) is 0 Å². The van der Waals surface area contributed by atoms with Gasteiger partial charge in [-0.1, -0.05) is 18.2 Å². The molecule has 0 fully saturated rings. The molecule has 2 nitrogen and oxygen atoms in total. The van der Waals surface area contributed by atoms with Crippen LogP contribution in [0.4, 0.5) is 74.6 Å². The van der Waals surface area contributed by atoms with Gasteiger partial charge in [-0.05, 0) is 12.1 Å². The summed E-state index contributed by atoms with van der Waals surface area (Å²) in [7, 11) is -3.60. The van der Waals surface area contributed by atoms with Crippen LogP contribution in [0.25, 0.3) is 22.3 Å². The molecule has 50 heavy (non-hydrogen) atoms. The van der Waals surface area contributed by atoms with Crippen LogP contribution in [0.5, 0.6) is 11.5 Å². The predicted octanol–water partition coefficient (Wildman–Crippen LogP) is 9.24. The SMILES string of the molecule is Fc1cc(F)c(F)c(-c2ccccc2OB(Oc2c(F)c(F)c(F)c(F)c2-c2c(F)c(F)c(F)c(F)c2F)c2c(F)c(F)c(F)c(F)c2F)c1. The van der Waals surface area contributed by atoms with Gasteiger partial charge < -0.3 is 9.31 Å². The van der Waals surface area contributed by atoms with Gasteiger partial charge in [-0.25, -0.2) is 70.2 Å². The first-order valence-corrected chi connectivity index (χ1v) is 12.9. The maximum absolute atomic E-state index is 15.3. The molecule has 0 unspecified atom stereocenters. The topological polar surface area (TPSA) is 18.5 Å². The van der Waals surface area contributed by atoms with E-state index in [0.29, 0.717) is 12.1 Å². The van der Waals surface area contributed by atoms with Crippen molar-refractivity contribution in [1.82, 2.24) is 0 Å². The minimum Gasteiger partial charge on any atom is -0.521 e. The van der Waals surface area contributed by atoms with Gasteiger partial charge in [0.1, 0.15) is 11.6 Å². The quantitative estimate of drug-likeness (QED) is 0.0720. The van der Waals surface area contributed by atoms with E-state index in [4.69, 9.17) is 4.65 Å². The van der Waals surface area contributed by atoms with Gasteiger partial charge in [0.15, 0.2) is 81.4 Å². The van der Waals surface area contributed by atoms with Crippen LogP contribution in [0.1, 0.15) is 0 Å². The Balaban J connectivity index is 1.85. The van der Waals surface area contributed by atoms with Crippen LogP contribution in [0.2, 0.25) is 0 Å². The molecule has 0 N–H and O–H groups in total. The summed E-state index contributed by atoms with van der Waals surface area (Å²) in [6.07, 6.45) is 0. The second-order valence-corrected chi connectivity index (χ2v) is 9.70. The molecule has 0 atom stereocenters. The highest BCUT2D eigenvalue weighted by Crippen LogP contribution is 2.43. The Morgan fingerprint density at radius 2 is 0.820 bits per heavy atom. The van der Waals surface area contributed by atoms with E-state index in [1.807, 2.05) is 0 Å². The molecule has 260 valence electrons. The van der Waals surface area contributed by atoms with E-state index in [9.17, 15) is 57.1 Å². The summed E-state index contributed by atoms with van der Waals surface area (Å²) in [6, 6.07) is 3.60. The standard InChI is InChI=1S/C30H6BF17O2/c32-7-5-9(15(34)10(33)6-7)8-3-1-2-4-11(8)49-31(14-19(38)24(43)27(46)25(44)20(14)39)50-30-13(18(37)23(42)28(47)29(30)48)12-16(35)21(40)26(45)22(41)17(12)36/h1-6H. The van der Waals surface area contributed by atoms with E-state index in [1.165, 1.54) is 0 Å². The molecule has 5 aromatic rings. The van der Waals surface area contributed by atoms with Gasteiger partial charge in [-0.3, -0.25) is 0 Å². The zero-order valence-corrected chi connectivity index (χ0v) is 23.3. The lowest BCUT2D eigenvalue weighted by Gasteiger charge is -2.23. The number of halogens is 17. The van der Waals surface area contributed by atoms with Crippen molar-refractivity contribution in [3.05, 3.63) is 135 Å². The third-order valence-corrected chi connectivity index (χ3v) is 6.79. The first-order chi connectivity index (χ1) is 23.4. The van der Waals surface area contributed by atoms with Crippen LogP contribution < -0.4 is 14.8 Å². The van der Waals surface area contributed by atoms with E-state index in [0.717, 1.165) is 18.2 Å². The minimum atomic E-state index is -3.60. The molecule has 0 amide bonds. The van der Waals surface area contributed by atoms with Crippen LogP contribution in [-0.2, 0) is 0 Å². The summed E-state index contributed by atoms with van der Waals surface area (Å²) in [5.41, 5.74) is -9.44. The van der Waals surface area contributed by atoms with Crippen LogP contribution in [0.3, 0.4) is 0 Å². The molecule has 20 heteroatoms. The minimum absolute atomic E-state index is 0.0460. The summed E-state index contributed by atoms with van der Waals surface area (Å²) < 4.78 is 256. The van der Waals surface area contributed by atoms with Gasteiger partial charge in [0.25, 0.3) is 0 Å². The highest BCUT2D eigenvalue weighted by Gasteiger charge is 2.43. The van der Waals surface area contributed by atoms with Crippen LogP contribution >= 0.6 is 0 Å². The lowest BCUT2D eigenvalue weighted by atomic mass is 9.76. The van der Waals surface area contributed by atoms with Crippen molar-refractivity contribution in [2.75, 3.05) is 0 Å². The molecule has 0 aliphatic rings. The third-order valence-electron chi connectivity index (χ3n) is 6.79. The summed E-state index contributed by atoms with van der Waals surface area (Å²) in [6.45, 7) is 0. The van der Waals surface area contributed by atoms with Crippen molar-refractivity contribution in [3.63, 3.8) is 0 Å². The smallest absolute Gasteiger partial charge is 0.521 e. The first-order valence-electron chi connectivity index (χ1n) is 12.9. The van der Waals surface area contributed by atoms with Gasteiger partial charge in [0.2, 0.25) is 17.5 Å². The molecule has 0 bridgehead atoms. The Hall–Kier alpha value is -5.43. The lowest BCUT2D eigenvalue weighted by Crippen LogP contribution is -2.48. The first kappa shape index (κ1) is 35.9. The molecule has 0 saturated carbocycles. The maximum Gasteiger partial charge on any atom is 0.639 e. The van der Waals surface area contributed by atoms with Gasteiger partial charge in [-0.15, -0.1) is 0 Å². The molecule has 5 aromatic carbocycles. The summed E-state index contributed by atoms with van der Waals surface area (Å²) in [4.78, 5) is 0. The second-order valence-electron chi connectivity index (χ2n) is 9.70. The molecule has 0 aliphatic carbocycles. The monoisotopic (exact) mass is 732 g/mol. The second kappa shape index (κ2) is 13.1. The van der Waals surface area contributed by atoms with Crippen molar-refractivity contribution in [2.45, 2.75) is 0 Å². The summed E-state index contributed by atoms with van der Waals surface area (Å²) in [5.74, 6) is -49.9. The highest BCUT2D eigenvalue weighted by molar-refractivity contribution is 6.63. The molecule has 0 aliphatic heterocycles. The van der Waals surface area contributed by atoms with Crippen LogP contribution in [0.15, 0.2) is 36.4 Å². The Kier molecular flexibility index (Phi) is 9.42. The van der Waals surface area contributed by atoms with Crippen molar-refractivity contribution in [3.8, 4) is 33.8 Å². The lowest BCUT2D eigenvalue weighted by molar-refractivity contribution is 0.360. The Morgan fingerprint density at radius 1 is 0.380 bits per heavy atom. The van der Waals surface area contributed by atoms with Crippen molar-refractivity contribution >= 4 is 12.6 Å². The van der Waals surface area contributed by atoms with Gasteiger partial charge in [0, 0.05) is 17.2 Å². The molecular formula is C30H6BF17O2. The zero-order valence-electron chi connectivity index (χ0n) is 23.3. The zero-order chi connectivity index (χ0) is 37.1. The van der Waals surface area contributed by atoms with Gasteiger partial charge >= 0.3 is 7.12 Å². The van der Waals surface area contributed by atoms with E-state index in [1.54, 1.807) is 0 Å². The van der Waals surface area contributed by atoms with Gasteiger partial charge in [0.05, 0.1) is 16.6 Å². The largest absolute Gasteiger partial charge is 0.639 e. The predicted molar refractivity (Wildman–Crippen MR) is 136 cm³/mol. The molecule has 0 saturated heterocycles. The maximum atomic E-state index is 15.3. The Labute approximate surface area is 266 Å². The molecule has 5 rings (SSSR count). The third kappa shape index (κ3) is 5.70. The Bertz CT molecular complexity index is 2170. The van der Waals surface area contributed by atoms with E-state index in [2.05, 4.69) is 4.65 Å². The molecule has 0 radical (unpaired) electrons. The number of para-hydroxylation sites is 1. The number of rotatable bonds is 7.